The summed E-state index contributed by atoms with van der Waals surface area (Å²) in [5, 5.41) is 9.08. The van der Waals surface area contributed by atoms with E-state index < -0.39 is 11.6 Å². The zero-order chi connectivity index (χ0) is 32.2. The Kier molecular flexibility index (Phi) is 11.8. The predicted octanol–water partition coefficient (Wildman–Crippen LogP) is 6.36. The molecule has 0 aliphatic carbocycles. The van der Waals surface area contributed by atoms with Gasteiger partial charge in [-0.3, -0.25) is 10.2 Å². The number of aryl methyl sites for hydroxylation is 1. The molecule has 240 valence electrons. The Bertz CT molecular complexity index is 1600. The summed E-state index contributed by atoms with van der Waals surface area (Å²) in [4.78, 5) is 19.5. The van der Waals surface area contributed by atoms with Gasteiger partial charge >= 0.3 is 0 Å². The number of hydrazine groups is 1. The van der Waals surface area contributed by atoms with Gasteiger partial charge in [-0.25, -0.2) is 10.4 Å². The molecule has 1 aliphatic rings. The molecule has 1 aliphatic heterocycles. The van der Waals surface area contributed by atoms with Crippen LogP contribution in [-0.4, -0.2) is 49.3 Å². The fourth-order valence-electron chi connectivity index (χ4n) is 5.46. The van der Waals surface area contributed by atoms with Gasteiger partial charge in [-0.05, 0) is 78.4 Å². The number of hydrogen-bond donors (Lipinski definition) is 3. The van der Waals surface area contributed by atoms with Crippen LogP contribution in [0.25, 0.3) is 0 Å². The second kappa shape index (κ2) is 16.4. The van der Waals surface area contributed by atoms with Crippen molar-refractivity contribution >= 4 is 27.7 Å². The Morgan fingerprint density at radius 1 is 0.935 bits per heavy atom. The van der Waals surface area contributed by atoms with E-state index in [-0.39, 0.29) is 18.9 Å². The largest absolute Gasteiger partial charge is 0.497 e. The number of methoxy groups -OCH3 is 1. The highest BCUT2D eigenvalue weighted by Crippen LogP contribution is 2.44. The highest BCUT2D eigenvalue weighted by molar-refractivity contribution is 9.10. The molecule has 4 aromatic rings. The summed E-state index contributed by atoms with van der Waals surface area (Å²) < 4.78 is 18.8. The maximum Gasteiger partial charge on any atom is 0.266 e. The van der Waals surface area contributed by atoms with E-state index in [0.717, 1.165) is 40.4 Å². The van der Waals surface area contributed by atoms with Crippen LogP contribution < -0.4 is 20.3 Å². The van der Waals surface area contributed by atoms with Crippen LogP contribution in [0.15, 0.2) is 113 Å². The SMILES string of the molecule is COc1cccc([C@@H]2OC(c3ccc(OCCCO)cc3)=N[C@]2(Cc2ccccc2Br)C(=O)NNCCCCc2ccccc2)c1. The minimum atomic E-state index is -1.35. The number of halogens is 1. The van der Waals surface area contributed by atoms with Crippen molar-refractivity contribution < 1.29 is 24.1 Å². The molecule has 0 fully saturated rings. The van der Waals surface area contributed by atoms with Crippen LogP contribution in [-0.2, 0) is 22.4 Å². The molecular weight excluding hydrogens is 646 g/mol. The normalized spacial score (nSPS) is 17.2. The summed E-state index contributed by atoms with van der Waals surface area (Å²) in [5.74, 6) is 1.40. The second-order valence-corrected chi connectivity index (χ2v) is 12.0. The van der Waals surface area contributed by atoms with Crippen LogP contribution in [0, 0.1) is 0 Å². The number of carbonyl (C=O) groups excluding carboxylic acids is 1. The quantitative estimate of drug-likeness (QED) is 0.0937. The third-order valence-corrected chi connectivity index (χ3v) is 8.68. The van der Waals surface area contributed by atoms with Crippen molar-refractivity contribution in [2.75, 3.05) is 26.9 Å². The first-order chi connectivity index (χ1) is 22.5. The molecule has 0 saturated carbocycles. The molecule has 2 atom stereocenters. The minimum Gasteiger partial charge on any atom is -0.497 e. The van der Waals surface area contributed by atoms with Crippen LogP contribution >= 0.6 is 15.9 Å². The number of carbonyl (C=O) groups is 1. The molecule has 3 N–H and O–H groups in total. The number of aliphatic hydroxyl groups is 1. The number of rotatable bonds is 16. The van der Waals surface area contributed by atoms with Crippen LogP contribution in [0.3, 0.4) is 0 Å². The molecule has 1 amide bonds. The summed E-state index contributed by atoms with van der Waals surface area (Å²) in [6.45, 7) is 1.10. The molecule has 46 heavy (non-hydrogen) atoms. The fraction of sp³-hybridized carbons (Fsp3) is 0.297. The van der Waals surface area contributed by atoms with Crippen LogP contribution in [0.2, 0.25) is 0 Å². The Hall–Kier alpha value is -4.18. The Balaban J connectivity index is 1.43. The van der Waals surface area contributed by atoms with Gasteiger partial charge < -0.3 is 19.3 Å². The van der Waals surface area contributed by atoms with Gasteiger partial charge in [-0.1, -0.05) is 76.6 Å². The molecule has 0 unspecified atom stereocenters. The number of ether oxygens (including phenoxy) is 3. The summed E-state index contributed by atoms with van der Waals surface area (Å²) in [6.07, 6.45) is 2.95. The van der Waals surface area contributed by atoms with Crippen molar-refractivity contribution in [2.24, 2.45) is 4.99 Å². The number of benzene rings is 4. The number of nitrogens with zero attached hydrogens (tertiary/aromatic N) is 1. The van der Waals surface area contributed by atoms with Crippen molar-refractivity contribution in [2.45, 2.75) is 43.7 Å². The lowest BCUT2D eigenvalue weighted by atomic mass is 9.82. The lowest BCUT2D eigenvalue weighted by Crippen LogP contribution is -2.54. The lowest BCUT2D eigenvalue weighted by Gasteiger charge is -2.31. The highest BCUT2D eigenvalue weighted by atomic mass is 79.9. The maximum atomic E-state index is 14.4. The molecule has 1 heterocycles. The van der Waals surface area contributed by atoms with Crippen molar-refractivity contribution in [1.29, 1.82) is 0 Å². The summed E-state index contributed by atoms with van der Waals surface area (Å²) in [7, 11) is 1.61. The van der Waals surface area contributed by atoms with Gasteiger partial charge in [-0.2, -0.15) is 0 Å². The van der Waals surface area contributed by atoms with E-state index in [1.807, 2.05) is 78.9 Å². The predicted molar refractivity (Wildman–Crippen MR) is 183 cm³/mol. The maximum absolute atomic E-state index is 14.4. The molecule has 5 rings (SSSR count). The fourth-order valence-corrected chi connectivity index (χ4v) is 5.88. The van der Waals surface area contributed by atoms with E-state index in [1.54, 1.807) is 7.11 Å². The van der Waals surface area contributed by atoms with Gasteiger partial charge in [0.15, 0.2) is 11.6 Å². The first-order valence-electron chi connectivity index (χ1n) is 15.6. The molecule has 8 nitrogen and oxygen atoms in total. The highest BCUT2D eigenvalue weighted by Gasteiger charge is 2.53. The third kappa shape index (κ3) is 8.34. The lowest BCUT2D eigenvalue weighted by molar-refractivity contribution is -0.130. The molecule has 0 aromatic heterocycles. The van der Waals surface area contributed by atoms with Gasteiger partial charge in [-0.15, -0.1) is 0 Å². The average molecular weight is 687 g/mol. The van der Waals surface area contributed by atoms with Crippen LogP contribution in [0.5, 0.6) is 11.5 Å². The van der Waals surface area contributed by atoms with E-state index in [2.05, 4.69) is 51.0 Å². The smallest absolute Gasteiger partial charge is 0.266 e. The zero-order valence-corrected chi connectivity index (χ0v) is 27.5. The van der Waals surface area contributed by atoms with Crippen molar-refractivity contribution in [3.63, 3.8) is 0 Å². The Morgan fingerprint density at radius 2 is 1.72 bits per heavy atom. The van der Waals surface area contributed by atoms with Crippen LogP contribution in [0.1, 0.15) is 47.6 Å². The molecule has 9 heteroatoms. The van der Waals surface area contributed by atoms with E-state index in [0.29, 0.717) is 37.0 Å². The molecule has 0 radical (unpaired) electrons. The van der Waals surface area contributed by atoms with Crippen LogP contribution in [0.4, 0.5) is 0 Å². The monoisotopic (exact) mass is 685 g/mol. The number of amides is 1. The molecule has 4 aromatic carbocycles. The topological polar surface area (TPSA) is 101 Å². The summed E-state index contributed by atoms with van der Waals surface area (Å²) in [6, 6.07) is 33.2. The standard InChI is InChI=1S/C37H40BrN3O5/c1-44-32-16-9-15-29(25-32)34-37(26-30-14-5-6-17-33(30)38,36(43)41-39-22-8-7-13-27-11-3-2-4-12-27)40-35(46-34)28-18-20-31(21-19-28)45-24-10-23-42/h2-6,9,11-12,14-21,25,34,39,42H,7-8,10,13,22-24,26H2,1H3,(H,41,43)/t34-,37-/m0/s1. The Morgan fingerprint density at radius 3 is 2.48 bits per heavy atom. The number of hydrogen-bond acceptors (Lipinski definition) is 7. The molecule has 0 bridgehead atoms. The first kappa shape index (κ1) is 33.2. The average Bonchev–Trinajstić information content (AvgIpc) is 3.48. The van der Waals surface area contributed by atoms with E-state index in [1.165, 1.54) is 5.56 Å². The van der Waals surface area contributed by atoms with E-state index in [9.17, 15) is 4.79 Å². The number of nitrogens with one attached hydrogen (secondary N) is 2. The van der Waals surface area contributed by atoms with Gasteiger partial charge in [0, 0.05) is 36.0 Å². The van der Waals surface area contributed by atoms with Crippen molar-refractivity contribution in [1.82, 2.24) is 10.9 Å². The summed E-state index contributed by atoms with van der Waals surface area (Å²) >= 11 is 3.68. The molecular formula is C37H40BrN3O5. The van der Waals surface area contributed by atoms with E-state index >= 15 is 0 Å². The summed E-state index contributed by atoms with van der Waals surface area (Å²) in [5.41, 5.74) is 8.51. The third-order valence-electron chi connectivity index (χ3n) is 7.91. The van der Waals surface area contributed by atoms with Gasteiger partial charge in [0.05, 0.1) is 13.7 Å². The van der Waals surface area contributed by atoms with Crippen molar-refractivity contribution in [3.05, 3.63) is 130 Å². The number of aliphatic hydroxyl groups excluding tert-OH is 1. The van der Waals surface area contributed by atoms with Gasteiger partial charge in [0.2, 0.25) is 5.90 Å². The Labute approximate surface area is 278 Å². The molecule has 0 saturated heterocycles. The van der Waals surface area contributed by atoms with Crippen molar-refractivity contribution in [3.8, 4) is 11.5 Å². The first-order valence-corrected chi connectivity index (χ1v) is 16.4. The van der Waals surface area contributed by atoms with Gasteiger partial charge in [0.1, 0.15) is 11.5 Å². The zero-order valence-electron chi connectivity index (χ0n) is 26.0. The number of aliphatic imine (C=N–C) groups is 1. The number of unbranched alkanes of at least 4 members (excludes halogenated alkanes) is 1. The second-order valence-electron chi connectivity index (χ2n) is 11.2. The minimum absolute atomic E-state index is 0.0681. The van der Waals surface area contributed by atoms with Gasteiger partial charge in [0.25, 0.3) is 5.91 Å². The molecule has 0 spiro atoms. The van der Waals surface area contributed by atoms with E-state index in [4.69, 9.17) is 24.3 Å².